The quantitative estimate of drug-likeness (QED) is 0.472. The van der Waals surface area contributed by atoms with Crippen molar-refractivity contribution in [1.82, 2.24) is 0 Å². The lowest BCUT2D eigenvalue weighted by atomic mass is 9.46. The van der Waals surface area contributed by atoms with E-state index >= 15 is 0 Å². The number of fused-ring (bicyclic) bond motifs is 1. The molecule has 0 amide bonds. The van der Waals surface area contributed by atoms with E-state index in [0.717, 1.165) is 30.4 Å². The number of rotatable bonds is 5. The van der Waals surface area contributed by atoms with Crippen LogP contribution in [-0.2, 0) is 9.53 Å². The number of aliphatic hydroxyl groups is 2. The van der Waals surface area contributed by atoms with E-state index in [1.807, 2.05) is 55.5 Å². The number of hydrogen-bond acceptors (Lipinski definition) is 4. The number of esters is 1. The zero-order chi connectivity index (χ0) is 23.6. The zero-order valence-electron chi connectivity index (χ0n) is 19.5. The summed E-state index contributed by atoms with van der Waals surface area (Å²) in [5.74, 6) is 0.427. The summed E-state index contributed by atoms with van der Waals surface area (Å²) in [7, 11) is 0. The zero-order valence-corrected chi connectivity index (χ0v) is 19.5. The van der Waals surface area contributed by atoms with Gasteiger partial charge in [0.15, 0.2) is 0 Å². The fourth-order valence-corrected chi connectivity index (χ4v) is 6.12. The summed E-state index contributed by atoms with van der Waals surface area (Å²) in [6.07, 6.45) is 14.1. The third-order valence-corrected chi connectivity index (χ3v) is 8.12. The Balaban J connectivity index is 1.54. The van der Waals surface area contributed by atoms with Gasteiger partial charge in [-0.05, 0) is 54.7 Å². The van der Waals surface area contributed by atoms with Gasteiger partial charge in [0.2, 0.25) is 0 Å². The fraction of sp³-hybridized carbons (Fsp3) is 0.414. The molecule has 1 heterocycles. The topological polar surface area (TPSA) is 66.8 Å². The van der Waals surface area contributed by atoms with Gasteiger partial charge in [0.1, 0.15) is 5.76 Å². The number of aliphatic hydroxyl groups excluding tert-OH is 2. The van der Waals surface area contributed by atoms with E-state index in [1.54, 1.807) is 12.2 Å². The Kier molecular flexibility index (Phi) is 6.60. The third-order valence-electron chi connectivity index (χ3n) is 8.12. The lowest BCUT2D eigenvalue weighted by Gasteiger charge is -2.59. The molecule has 4 rings (SSSR count). The Labute approximate surface area is 196 Å². The van der Waals surface area contributed by atoms with Crippen LogP contribution in [0.15, 0.2) is 84.2 Å². The van der Waals surface area contributed by atoms with Gasteiger partial charge in [0.25, 0.3) is 0 Å². The average molecular weight is 447 g/mol. The normalized spacial score (nSPS) is 35.8. The van der Waals surface area contributed by atoms with E-state index in [4.69, 9.17) is 4.74 Å². The SMILES string of the molecule is C=C1CC[C@@H]2[C@](C)(CO)[C@H](O)CC[C@@]2(C)[C@@H]1/C=C/C1=CC(=C/C=C/c2ccccc2)/OC1=O. The maximum absolute atomic E-state index is 12.4. The summed E-state index contributed by atoms with van der Waals surface area (Å²) >= 11 is 0. The van der Waals surface area contributed by atoms with Crippen LogP contribution in [0.3, 0.4) is 0 Å². The molecule has 174 valence electrons. The van der Waals surface area contributed by atoms with Crippen molar-refractivity contribution in [2.75, 3.05) is 6.61 Å². The van der Waals surface area contributed by atoms with Gasteiger partial charge in [-0.25, -0.2) is 4.79 Å². The number of benzene rings is 1. The molecule has 33 heavy (non-hydrogen) atoms. The molecule has 0 radical (unpaired) electrons. The molecule has 0 saturated heterocycles. The number of carbonyl (C=O) groups is 1. The van der Waals surface area contributed by atoms with E-state index < -0.39 is 11.5 Å². The summed E-state index contributed by atoms with van der Waals surface area (Å²) in [6.45, 7) is 8.57. The highest BCUT2D eigenvalue weighted by molar-refractivity contribution is 5.95. The van der Waals surface area contributed by atoms with Gasteiger partial charge in [-0.2, -0.15) is 0 Å². The van der Waals surface area contributed by atoms with Crippen LogP contribution < -0.4 is 0 Å². The van der Waals surface area contributed by atoms with Gasteiger partial charge in [0, 0.05) is 11.3 Å². The van der Waals surface area contributed by atoms with Gasteiger partial charge in [-0.3, -0.25) is 0 Å². The van der Waals surface area contributed by atoms with Gasteiger partial charge >= 0.3 is 5.97 Å². The highest BCUT2D eigenvalue weighted by Crippen LogP contribution is 2.61. The van der Waals surface area contributed by atoms with Crippen molar-refractivity contribution < 1.29 is 19.7 Å². The van der Waals surface area contributed by atoms with E-state index in [2.05, 4.69) is 19.6 Å². The maximum atomic E-state index is 12.4. The van der Waals surface area contributed by atoms with Crippen LogP contribution in [-0.4, -0.2) is 28.9 Å². The second kappa shape index (κ2) is 9.28. The van der Waals surface area contributed by atoms with Gasteiger partial charge in [-0.1, -0.05) is 80.6 Å². The molecule has 1 aromatic rings. The molecule has 0 bridgehead atoms. The maximum Gasteiger partial charge on any atom is 0.343 e. The van der Waals surface area contributed by atoms with Gasteiger partial charge < -0.3 is 14.9 Å². The molecule has 1 aliphatic heterocycles. The number of ether oxygens (including phenoxy) is 1. The Morgan fingerprint density at radius 2 is 1.94 bits per heavy atom. The Bertz CT molecular complexity index is 1030. The van der Waals surface area contributed by atoms with E-state index in [0.29, 0.717) is 17.8 Å². The van der Waals surface area contributed by atoms with Crippen molar-refractivity contribution in [2.24, 2.45) is 22.7 Å². The van der Waals surface area contributed by atoms with Crippen LogP contribution in [0, 0.1) is 22.7 Å². The summed E-state index contributed by atoms with van der Waals surface area (Å²) in [5.41, 5.74) is 2.10. The number of hydrogen-bond donors (Lipinski definition) is 2. The lowest BCUT2D eigenvalue weighted by Crippen LogP contribution is -2.57. The predicted molar refractivity (Wildman–Crippen MR) is 131 cm³/mol. The van der Waals surface area contributed by atoms with E-state index in [-0.39, 0.29) is 29.8 Å². The minimum Gasteiger partial charge on any atom is -0.423 e. The minimum absolute atomic E-state index is 0.0283. The van der Waals surface area contributed by atoms with Crippen molar-refractivity contribution >= 4 is 12.0 Å². The standard InChI is InChI=1S/C29H34O4/c1-20-12-15-25-28(2,17-16-26(31)29(25,3)19-30)24(20)14-13-22-18-23(33-27(22)32)11-7-10-21-8-5-4-6-9-21/h4-11,13-14,18,24-26,30-31H,1,12,15-17,19H2,2-3H3/b10-7+,14-13+,23-11-/t24-,25+,26-,28+,29+/m1/s1. The van der Waals surface area contributed by atoms with E-state index in [1.165, 1.54) is 0 Å². The largest absolute Gasteiger partial charge is 0.423 e. The molecule has 2 fully saturated rings. The van der Waals surface area contributed by atoms with Crippen LogP contribution in [0.5, 0.6) is 0 Å². The molecule has 0 aromatic heterocycles. The van der Waals surface area contributed by atoms with Crippen molar-refractivity contribution in [3.63, 3.8) is 0 Å². The second-order valence-corrected chi connectivity index (χ2v) is 10.1. The molecule has 2 N–H and O–H groups in total. The van der Waals surface area contributed by atoms with Gasteiger partial charge in [0.05, 0.1) is 18.3 Å². The smallest absolute Gasteiger partial charge is 0.343 e. The number of carbonyl (C=O) groups excluding carboxylic acids is 1. The predicted octanol–water partition coefficient (Wildman–Crippen LogP) is 5.37. The number of cyclic esters (lactones) is 1. The summed E-state index contributed by atoms with van der Waals surface area (Å²) in [6, 6.07) is 9.95. The molecule has 3 aliphatic rings. The Hall–Kier alpha value is -2.69. The van der Waals surface area contributed by atoms with E-state index in [9.17, 15) is 15.0 Å². The fourth-order valence-electron chi connectivity index (χ4n) is 6.12. The third kappa shape index (κ3) is 4.42. The summed E-state index contributed by atoms with van der Waals surface area (Å²) in [5, 5.41) is 20.8. The molecule has 0 spiro atoms. The van der Waals surface area contributed by atoms with Crippen LogP contribution in [0.1, 0.15) is 45.1 Å². The van der Waals surface area contributed by atoms with Crippen LogP contribution in [0.2, 0.25) is 0 Å². The second-order valence-electron chi connectivity index (χ2n) is 10.1. The Morgan fingerprint density at radius 3 is 2.67 bits per heavy atom. The first-order valence-corrected chi connectivity index (χ1v) is 11.8. The molecule has 4 heteroatoms. The molecule has 2 saturated carbocycles. The molecule has 0 unspecified atom stereocenters. The molecular formula is C29H34O4. The highest BCUT2D eigenvalue weighted by atomic mass is 16.5. The molecule has 2 aliphatic carbocycles. The first kappa shape index (κ1) is 23.5. The summed E-state index contributed by atoms with van der Waals surface area (Å²) in [4.78, 5) is 12.4. The Morgan fingerprint density at radius 1 is 1.18 bits per heavy atom. The molecule has 1 aromatic carbocycles. The molecular weight excluding hydrogens is 412 g/mol. The minimum atomic E-state index is -0.521. The first-order valence-electron chi connectivity index (χ1n) is 11.8. The first-order chi connectivity index (χ1) is 15.8. The number of allylic oxidation sites excluding steroid dienone is 5. The van der Waals surface area contributed by atoms with Crippen molar-refractivity contribution in [3.8, 4) is 0 Å². The average Bonchev–Trinajstić information content (AvgIpc) is 3.16. The lowest BCUT2D eigenvalue weighted by molar-refractivity contribution is -0.145. The highest BCUT2D eigenvalue weighted by Gasteiger charge is 2.57. The van der Waals surface area contributed by atoms with Crippen LogP contribution in [0.25, 0.3) is 6.08 Å². The van der Waals surface area contributed by atoms with Gasteiger partial charge in [-0.15, -0.1) is 0 Å². The summed E-state index contributed by atoms with van der Waals surface area (Å²) < 4.78 is 5.41. The molecule has 4 nitrogen and oxygen atoms in total. The van der Waals surface area contributed by atoms with Crippen LogP contribution >= 0.6 is 0 Å². The van der Waals surface area contributed by atoms with Crippen molar-refractivity contribution in [2.45, 2.75) is 45.6 Å². The molecule has 5 atom stereocenters. The van der Waals surface area contributed by atoms with Crippen molar-refractivity contribution in [3.05, 3.63) is 89.8 Å². The van der Waals surface area contributed by atoms with Crippen LogP contribution in [0.4, 0.5) is 0 Å². The monoisotopic (exact) mass is 446 g/mol. The van der Waals surface area contributed by atoms with Crippen molar-refractivity contribution in [1.29, 1.82) is 0 Å².